The van der Waals surface area contributed by atoms with Crippen molar-refractivity contribution in [3.05, 3.63) is 50.2 Å². The third-order valence-corrected chi connectivity index (χ3v) is 3.93. The van der Waals surface area contributed by atoms with Gasteiger partial charge in [0, 0.05) is 37.0 Å². The number of benzene rings is 1. The highest BCUT2D eigenvalue weighted by Gasteiger charge is 2.11. The van der Waals surface area contributed by atoms with E-state index in [1.54, 1.807) is 17.7 Å². The van der Waals surface area contributed by atoms with Crippen LogP contribution in [0.25, 0.3) is 0 Å². The topological polar surface area (TPSA) is 90.1 Å². The first-order valence-corrected chi connectivity index (χ1v) is 7.40. The van der Waals surface area contributed by atoms with E-state index in [0.29, 0.717) is 17.8 Å². The molecule has 0 spiro atoms. The van der Waals surface area contributed by atoms with Crippen LogP contribution >= 0.6 is 15.9 Å². The summed E-state index contributed by atoms with van der Waals surface area (Å²) >= 11 is 3.37. The minimum absolute atomic E-state index is 0.00682. The van der Waals surface area contributed by atoms with Crippen molar-refractivity contribution in [3.8, 4) is 0 Å². The summed E-state index contributed by atoms with van der Waals surface area (Å²) in [5.41, 5.74) is 2.10. The molecule has 0 aliphatic heterocycles. The first kappa shape index (κ1) is 16.2. The van der Waals surface area contributed by atoms with Gasteiger partial charge in [0.15, 0.2) is 0 Å². The van der Waals surface area contributed by atoms with Crippen LogP contribution in [0, 0.1) is 24.0 Å². The standard InChI is InChI=1S/C14H15BrN4O3/c1-9-7-11(19(21)22)3-4-13(9)16-14(20)5-6-18-8-12(15)10(2)17-18/h3-4,7-8H,5-6H2,1-2H3,(H,16,20). The van der Waals surface area contributed by atoms with E-state index in [9.17, 15) is 14.9 Å². The zero-order valence-electron chi connectivity index (χ0n) is 12.2. The Kier molecular flexibility index (Phi) is 4.92. The number of nitro groups is 1. The van der Waals surface area contributed by atoms with Crippen LogP contribution in [0.1, 0.15) is 17.7 Å². The molecule has 116 valence electrons. The van der Waals surface area contributed by atoms with Crippen LogP contribution in [-0.2, 0) is 11.3 Å². The number of hydrogen-bond donors (Lipinski definition) is 1. The molecule has 0 aliphatic rings. The molecule has 0 unspecified atom stereocenters. The van der Waals surface area contributed by atoms with Crippen molar-refractivity contribution >= 4 is 33.2 Å². The molecule has 2 rings (SSSR count). The van der Waals surface area contributed by atoms with Crippen LogP contribution < -0.4 is 5.32 Å². The summed E-state index contributed by atoms with van der Waals surface area (Å²) in [6.45, 7) is 4.06. The van der Waals surface area contributed by atoms with Gasteiger partial charge >= 0.3 is 0 Å². The van der Waals surface area contributed by atoms with Crippen molar-refractivity contribution < 1.29 is 9.72 Å². The minimum Gasteiger partial charge on any atom is -0.326 e. The van der Waals surface area contributed by atoms with E-state index in [-0.39, 0.29) is 18.0 Å². The molecular formula is C14H15BrN4O3. The second-order valence-corrected chi connectivity index (χ2v) is 5.73. The smallest absolute Gasteiger partial charge is 0.269 e. The SMILES string of the molecule is Cc1cc([N+](=O)[O-])ccc1NC(=O)CCn1cc(Br)c(C)n1. The number of nitrogens with one attached hydrogen (secondary N) is 1. The van der Waals surface area contributed by atoms with Gasteiger partial charge in [0.25, 0.3) is 5.69 Å². The lowest BCUT2D eigenvalue weighted by Crippen LogP contribution is -2.15. The monoisotopic (exact) mass is 366 g/mol. The fraction of sp³-hybridized carbons (Fsp3) is 0.286. The molecule has 0 radical (unpaired) electrons. The van der Waals surface area contributed by atoms with E-state index < -0.39 is 4.92 Å². The third-order valence-electron chi connectivity index (χ3n) is 3.15. The summed E-state index contributed by atoms with van der Waals surface area (Å²) in [5, 5.41) is 17.7. The van der Waals surface area contributed by atoms with E-state index in [0.717, 1.165) is 10.2 Å². The average Bonchev–Trinajstić information content (AvgIpc) is 2.77. The van der Waals surface area contributed by atoms with Crippen molar-refractivity contribution in [1.29, 1.82) is 0 Å². The molecular weight excluding hydrogens is 352 g/mol. The molecule has 1 aromatic heterocycles. The molecule has 0 bridgehead atoms. The van der Waals surface area contributed by atoms with Crippen LogP contribution in [0.2, 0.25) is 0 Å². The summed E-state index contributed by atoms with van der Waals surface area (Å²) in [5.74, 6) is -0.166. The number of halogens is 1. The van der Waals surface area contributed by atoms with Crippen molar-refractivity contribution in [2.75, 3.05) is 5.32 Å². The van der Waals surface area contributed by atoms with Gasteiger partial charge in [0.2, 0.25) is 5.91 Å². The Morgan fingerprint density at radius 1 is 1.45 bits per heavy atom. The molecule has 1 N–H and O–H groups in total. The summed E-state index contributed by atoms with van der Waals surface area (Å²) in [6.07, 6.45) is 2.09. The number of nitro benzene ring substituents is 1. The second-order valence-electron chi connectivity index (χ2n) is 4.88. The number of aromatic nitrogens is 2. The highest BCUT2D eigenvalue weighted by Crippen LogP contribution is 2.21. The summed E-state index contributed by atoms with van der Waals surface area (Å²) in [6, 6.07) is 4.35. The molecule has 0 fully saturated rings. The van der Waals surface area contributed by atoms with Gasteiger partial charge in [-0.3, -0.25) is 19.6 Å². The van der Waals surface area contributed by atoms with E-state index >= 15 is 0 Å². The lowest BCUT2D eigenvalue weighted by molar-refractivity contribution is -0.384. The molecule has 0 saturated carbocycles. The van der Waals surface area contributed by atoms with E-state index in [2.05, 4.69) is 26.3 Å². The molecule has 0 saturated heterocycles. The molecule has 0 aliphatic carbocycles. The second kappa shape index (κ2) is 6.69. The molecule has 1 amide bonds. The Morgan fingerprint density at radius 3 is 2.73 bits per heavy atom. The highest BCUT2D eigenvalue weighted by atomic mass is 79.9. The number of hydrogen-bond acceptors (Lipinski definition) is 4. The summed E-state index contributed by atoms with van der Waals surface area (Å²) in [4.78, 5) is 22.2. The van der Waals surface area contributed by atoms with Crippen molar-refractivity contribution in [1.82, 2.24) is 9.78 Å². The van der Waals surface area contributed by atoms with Gasteiger partial charge in [-0.1, -0.05) is 0 Å². The number of non-ortho nitro benzene ring substituents is 1. The highest BCUT2D eigenvalue weighted by molar-refractivity contribution is 9.10. The maximum absolute atomic E-state index is 12.0. The summed E-state index contributed by atoms with van der Waals surface area (Å²) in [7, 11) is 0. The number of aryl methyl sites for hydroxylation is 3. The number of carbonyl (C=O) groups excluding carboxylic acids is 1. The maximum atomic E-state index is 12.0. The first-order valence-electron chi connectivity index (χ1n) is 6.61. The Hall–Kier alpha value is -2.22. The lowest BCUT2D eigenvalue weighted by Gasteiger charge is -2.08. The van der Waals surface area contributed by atoms with E-state index in [1.165, 1.54) is 12.1 Å². The largest absolute Gasteiger partial charge is 0.326 e. The molecule has 7 nitrogen and oxygen atoms in total. The fourth-order valence-electron chi connectivity index (χ4n) is 1.94. The van der Waals surface area contributed by atoms with Crippen molar-refractivity contribution in [2.24, 2.45) is 0 Å². The van der Waals surface area contributed by atoms with Crippen molar-refractivity contribution in [3.63, 3.8) is 0 Å². The van der Waals surface area contributed by atoms with Gasteiger partial charge in [-0.25, -0.2) is 0 Å². The number of anilines is 1. The number of rotatable bonds is 5. The van der Waals surface area contributed by atoms with Gasteiger partial charge in [-0.15, -0.1) is 0 Å². The predicted molar refractivity (Wildman–Crippen MR) is 85.7 cm³/mol. The molecule has 22 heavy (non-hydrogen) atoms. The van der Waals surface area contributed by atoms with E-state index in [4.69, 9.17) is 0 Å². The molecule has 2 aromatic rings. The van der Waals surface area contributed by atoms with Gasteiger partial charge in [-0.05, 0) is 41.4 Å². The Bertz CT molecular complexity index is 707. The fourth-order valence-corrected chi connectivity index (χ4v) is 2.25. The molecule has 1 heterocycles. The maximum Gasteiger partial charge on any atom is 0.269 e. The molecule has 1 aromatic carbocycles. The number of amides is 1. The molecule has 0 atom stereocenters. The number of carbonyl (C=O) groups is 1. The minimum atomic E-state index is -0.462. The van der Waals surface area contributed by atoms with Gasteiger partial charge < -0.3 is 5.32 Å². The predicted octanol–water partition coefficient (Wildman–Crippen LogP) is 3.20. The van der Waals surface area contributed by atoms with E-state index in [1.807, 2.05) is 13.1 Å². The lowest BCUT2D eigenvalue weighted by atomic mass is 10.1. The van der Waals surface area contributed by atoms with Crippen LogP contribution in [-0.4, -0.2) is 20.6 Å². The van der Waals surface area contributed by atoms with Crippen LogP contribution in [0.3, 0.4) is 0 Å². The Labute approximate surface area is 135 Å². The van der Waals surface area contributed by atoms with Crippen LogP contribution in [0.5, 0.6) is 0 Å². The number of nitrogens with zero attached hydrogens (tertiary/aromatic N) is 3. The Balaban J connectivity index is 1.96. The van der Waals surface area contributed by atoms with Gasteiger partial charge in [-0.2, -0.15) is 5.10 Å². The van der Waals surface area contributed by atoms with Crippen LogP contribution in [0.4, 0.5) is 11.4 Å². The zero-order chi connectivity index (χ0) is 16.3. The average molecular weight is 367 g/mol. The van der Waals surface area contributed by atoms with Crippen LogP contribution in [0.15, 0.2) is 28.9 Å². The molecule has 8 heteroatoms. The van der Waals surface area contributed by atoms with Gasteiger partial charge in [0.05, 0.1) is 15.1 Å². The Morgan fingerprint density at radius 2 is 2.18 bits per heavy atom. The third kappa shape index (κ3) is 3.91. The van der Waals surface area contributed by atoms with Crippen molar-refractivity contribution in [2.45, 2.75) is 26.8 Å². The quantitative estimate of drug-likeness (QED) is 0.649. The normalized spacial score (nSPS) is 10.5. The first-order chi connectivity index (χ1) is 10.4. The zero-order valence-corrected chi connectivity index (χ0v) is 13.8. The summed E-state index contributed by atoms with van der Waals surface area (Å²) < 4.78 is 2.60. The van der Waals surface area contributed by atoms with Gasteiger partial charge in [0.1, 0.15) is 0 Å².